The van der Waals surface area contributed by atoms with E-state index in [2.05, 4.69) is 26.2 Å². The van der Waals surface area contributed by atoms with Gasteiger partial charge in [-0.25, -0.2) is 9.78 Å². The third-order valence-electron chi connectivity index (χ3n) is 3.72. The number of hydrogen-bond acceptors (Lipinski definition) is 4. The number of hydrogen-bond donors (Lipinski definition) is 1. The molecule has 0 aliphatic rings. The van der Waals surface area contributed by atoms with Crippen molar-refractivity contribution < 1.29 is 14.3 Å². The van der Waals surface area contributed by atoms with Gasteiger partial charge in [0.25, 0.3) is 5.91 Å². The van der Waals surface area contributed by atoms with Crippen molar-refractivity contribution in [1.82, 2.24) is 9.55 Å². The zero-order valence-electron chi connectivity index (χ0n) is 14.8. The number of nitrogens with one attached hydrogen (secondary N) is 1. The number of amides is 1. The lowest BCUT2D eigenvalue weighted by atomic mass is 10.1. The Kier molecular flexibility index (Phi) is 5.71. The van der Waals surface area contributed by atoms with Crippen LogP contribution in [-0.4, -0.2) is 27.5 Å². The van der Waals surface area contributed by atoms with Crippen LogP contribution < -0.4 is 5.32 Å². The highest BCUT2D eigenvalue weighted by molar-refractivity contribution is 9.10. The van der Waals surface area contributed by atoms with Gasteiger partial charge in [-0.15, -0.1) is 0 Å². The molecule has 0 saturated heterocycles. The van der Waals surface area contributed by atoms with Crippen LogP contribution in [-0.2, 0) is 4.74 Å². The zero-order valence-corrected chi connectivity index (χ0v) is 16.4. The van der Waals surface area contributed by atoms with Gasteiger partial charge >= 0.3 is 5.97 Å². The number of halogens is 1. The van der Waals surface area contributed by atoms with Crippen LogP contribution in [0.15, 0.2) is 65.7 Å². The zero-order chi connectivity index (χ0) is 19.4. The highest BCUT2D eigenvalue weighted by Crippen LogP contribution is 2.25. The highest BCUT2D eigenvalue weighted by atomic mass is 79.9. The van der Waals surface area contributed by atoms with Crippen molar-refractivity contribution in [2.45, 2.75) is 20.0 Å². The number of rotatable bonds is 5. The highest BCUT2D eigenvalue weighted by Gasteiger charge is 2.17. The van der Waals surface area contributed by atoms with Crippen LogP contribution in [0, 0.1) is 0 Å². The maximum Gasteiger partial charge on any atom is 0.338 e. The second-order valence-electron chi connectivity index (χ2n) is 6.09. The van der Waals surface area contributed by atoms with E-state index in [1.54, 1.807) is 67.5 Å². The lowest BCUT2D eigenvalue weighted by molar-refractivity contribution is 0.0378. The summed E-state index contributed by atoms with van der Waals surface area (Å²) in [6, 6.07) is 12.1. The largest absolute Gasteiger partial charge is 0.459 e. The summed E-state index contributed by atoms with van der Waals surface area (Å²) in [6.45, 7) is 3.59. The van der Waals surface area contributed by atoms with Crippen molar-refractivity contribution in [3.8, 4) is 5.69 Å². The van der Waals surface area contributed by atoms with Crippen LogP contribution in [0.1, 0.15) is 34.6 Å². The number of carbonyl (C=O) groups is 2. The van der Waals surface area contributed by atoms with Crippen LogP contribution in [0.3, 0.4) is 0 Å². The molecule has 0 unspecified atom stereocenters. The average Bonchev–Trinajstić information content (AvgIpc) is 3.16. The lowest BCUT2D eigenvalue weighted by Gasteiger charge is -2.13. The number of ether oxygens (including phenoxy) is 1. The molecule has 138 valence electrons. The van der Waals surface area contributed by atoms with Gasteiger partial charge in [0.05, 0.1) is 29.2 Å². The summed E-state index contributed by atoms with van der Waals surface area (Å²) in [4.78, 5) is 28.8. The number of benzene rings is 2. The second-order valence-corrected chi connectivity index (χ2v) is 6.94. The SMILES string of the molecule is CC(C)OC(=O)c1ccc(NC(=O)c2c(Br)cccc2-n2ccnc2)cc1. The Morgan fingerprint density at radius 1 is 1.15 bits per heavy atom. The molecule has 0 aliphatic heterocycles. The monoisotopic (exact) mass is 427 g/mol. The van der Waals surface area contributed by atoms with E-state index in [9.17, 15) is 9.59 Å². The van der Waals surface area contributed by atoms with E-state index >= 15 is 0 Å². The van der Waals surface area contributed by atoms with Gasteiger partial charge in [0.1, 0.15) is 0 Å². The average molecular weight is 428 g/mol. The third kappa shape index (κ3) is 4.43. The topological polar surface area (TPSA) is 73.2 Å². The smallest absolute Gasteiger partial charge is 0.338 e. The third-order valence-corrected chi connectivity index (χ3v) is 4.38. The van der Waals surface area contributed by atoms with Crippen molar-refractivity contribution in [3.63, 3.8) is 0 Å². The molecule has 0 radical (unpaired) electrons. The predicted octanol–water partition coefficient (Wildman–Crippen LogP) is 4.45. The van der Waals surface area contributed by atoms with Gasteiger partial charge in [-0.2, -0.15) is 0 Å². The van der Waals surface area contributed by atoms with Gasteiger partial charge in [-0.3, -0.25) is 4.79 Å². The number of anilines is 1. The van der Waals surface area contributed by atoms with E-state index in [1.165, 1.54) is 0 Å². The van der Waals surface area contributed by atoms with E-state index in [1.807, 2.05) is 12.1 Å². The van der Waals surface area contributed by atoms with E-state index in [0.29, 0.717) is 27.0 Å². The maximum atomic E-state index is 12.8. The van der Waals surface area contributed by atoms with Crippen LogP contribution in [0.25, 0.3) is 5.69 Å². The molecule has 0 saturated carbocycles. The summed E-state index contributed by atoms with van der Waals surface area (Å²) in [5.74, 6) is -0.667. The Morgan fingerprint density at radius 3 is 2.52 bits per heavy atom. The van der Waals surface area contributed by atoms with Crippen LogP contribution >= 0.6 is 15.9 Å². The molecule has 0 spiro atoms. The molecule has 7 heteroatoms. The molecule has 1 aromatic heterocycles. The first-order valence-corrected chi connectivity index (χ1v) is 9.14. The maximum absolute atomic E-state index is 12.8. The van der Waals surface area contributed by atoms with Crippen LogP contribution in [0.2, 0.25) is 0 Å². The van der Waals surface area contributed by atoms with Crippen LogP contribution in [0.4, 0.5) is 5.69 Å². The first kappa shape index (κ1) is 18.8. The molecule has 6 nitrogen and oxygen atoms in total. The molecule has 0 aliphatic carbocycles. The summed E-state index contributed by atoms with van der Waals surface area (Å²) < 4.78 is 7.60. The Hall–Kier alpha value is -2.93. The molecule has 27 heavy (non-hydrogen) atoms. The first-order chi connectivity index (χ1) is 13.0. The van der Waals surface area contributed by atoms with Crippen molar-refractivity contribution >= 4 is 33.5 Å². The molecular weight excluding hydrogens is 410 g/mol. The summed E-state index contributed by atoms with van der Waals surface area (Å²) in [6.07, 6.45) is 4.87. The Morgan fingerprint density at radius 2 is 1.89 bits per heavy atom. The predicted molar refractivity (Wildman–Crippen MR) is 106 cm³/mol. The van der Waals surface area contributed by atoms with Gasteiger partial charge in [0.15, 0.2) is 0 Å². The Bertz CT molecular complexity index is 951. The number of esters is 1. The van der Waals surface area contributed by atoms with Gasteiger partial charge in [0, 0.05) is 22.6 Å². The van der Waals surface area contributed by atoms with Crippen molar-refractivity contribution in [1.29, 1.82) is 0 Å². The number of nitrogens with zero attached hydrogens (tertiary/aromatic N) is 2. The normalized spacial score (nSPS) is 10.7. The summed E-state index contributed by atoms with van der Waals surface area (Å²) in [5, 5.41) is 2.85. The molecule has 3 rings (SSSR count). The minimum absolute atomic E-state index is 0.186. The fraction of sp³-hybridized carbons (Fsp3) is 0.150. The van der Waals surface area contributed by atoms with Crippen molar-refractivity contribution in [2.75, 3.05) is 5.32 Å². The quantitative estimate of drug-likeness (QED) is 0.610. The van der Waals surface area contributed by atoms with Crippen molar-refractivity contribution in [3.05, 3.63) is 76.8 Å². The number of imidazole rings is 1. The van der Waals surface area contributed by atoms with E-state index in [4.69, 9.17) is 4.74 Å². The standard InChI is InChI=1S/C20H18BrN3O3/c1-13(2)27-20(26)14-6-8-15(9-7-14)23-19(25)18-16(21)4-3-5-17(18)24-11-10-22-12-24/h3-13H,1-2H3,(H,23,25). The molecular formula is C20H18BrN3O3. The van der Waals surface area contributed by atoms with E-state index in [-0.39, 0.29) is 12.0 Å². The summed E-state index contributed by atoms with van der Waals surface area (Å²) in [7, 11) is 0. The van der Waals surface area contributed by atoms with Gasteiger partial charge in [0.2, 0.25) is 0 Å². The Labute approximate surface area is 165 Å². The molecule has 0 atom stereocenters. The molecule has 2 aromatic carbocycles. The minimum atomic E-state index is -0.393. The number of aromatic nitrogens is 2. The molecule has 1 N–H and O–H groups in total. The molecule has 1 amide bonds. The summed E-state index contributed by atoms with van der Waals surface area (Å²) >= 11 is 3.44. The molecule has 3 aromatic rings. The number of carbonyl (C=O) groups excluding carboxylic acids is 2. The van der Waals surface area contributed by atoms with E-state index in [0.717, 1.165) is 0 Å². The van der Waals surface area contributed by atoms with Crippen molar-refractivity contribution in [2.24, 2.45) is 0 Å². The Balaban J connectivity index is 1.81. The van der Waals surface area contributed by atoms with Gasteiger partial charge in [-0.05, 0) is 66.2 Å². The van der Waals surface area contributed by atoms with Gasteiger partial charge < -0.3 is 14.6 Å². The minimum Gasteiger partial charge on any atom is -0.459 e. The first-order valence-electron chi connectivity index (χ1n) is 8.35. The molecule has 0 bridgehead atoms. The van der Waals surface area contributed by atoms with E-state index < -0.39 is 5.97 Å². The van der Waals surface area contributed by atoms with Gasteiger partial charge in [-0.1, -0.05) is 6.07 Å². The second kappa shape index (κ2) is 8.18. The fourth-order valence-corrected chi connectivity index (χ4v) is 3.06. The fourth-order valence-electron chi connectivity index (χ4n) is 2.52. The lowest BCUT2D eigenvalue weighted by Crippen LogP contribution is -2.16. The summed E-state index contributed by atoms with van der Waals surface area (Å²) in [5.41, 5.74) is 2.20. The van der Waals surface area contributed by atoms with Crippen LogP contribution in [0.5, 0.6) is 0 Å². The molecule has 1 heterocycles. The molecule has 0 fully saturated rings.